The number of fused-ring (bicyclic) bond motifs is 1. The van der Waals surface area contributed by atoms with Crippen molar-refractivity contribution in [3.8, 4) is 11.8 Å². The number of para-hydroxylation sites is 1. The van der Waals surface area contributed by atoms with E-state index in [0.717, 1.165) is 5.52 Å². The Kier molecular flexibility index (Phi) is 10.2. The summed E-state index contributed by atoms with van der Waals surface area (Å²) in [6, 6.07) is 12.3. The molecule has 0 bridgehead atoms. The number of pyridine rings is 1. The Bertz CT molecular complexity index is 1690. The first-order valence-corrected chi connectivity index (χ1v) is 13.8. The third kappa shape index (κ3) is 7.25. The van der Waals surface area contributed by atoms with Crippen molar-refractivity contribution in [2.75, 3.05) is 32.2 Å². The van der Waals surface area contributed by atoms with Crippen LogP contribution >= 0.6 is 23.2 Å². The first-order valence-electron chi connectivity index (χ1n) is 13.1. The Morgan fingerprint density at radius 3 is 2.60 bits per heavy atom. The minimum atomic E-state index is -0.526. The summed E-state index contributed by atoms with van der Waals surface area (Å²) in [5.74, 6) is -0.918. The number of carbonyl (C=O) groups excluding carboxylic acids is 3. The third-order valence-corrected chi connectivity index (χ3v) is 7.18. The minimum absolute atomic E-state index is 0.0166. The number of benzene rings is 2. The normalized spacial score (nSPS) is 11.0. The Morgan fingerprint density at radius 1 is 1.12 bits per heavy atom. The van der Waals surface area contributed by atoms with Gasteiger partial charge >= 0.3 is 5.97 Å². The predicted octanol–water partition coefficient (Wildman–Crippen LogP) is 4.83. The van der Waals surface area contributed by atoms with Gasteiger partial charge in [-0.1, -0.05) is 35.3 Å². The Balaban J connectivity index is 1.38. The average Bonchev–Trinajstić information content (AvgIpc) is 3.34. The smallest absolute Gasteiger partial charge is 0.356 e. The zero-order valence-corrected chi connectivity index (χ0v) is 25.4. The monoisotopic (exact) mass is 625 g/mol. The topological polar surface area (TPSA) is 125 Å². The molecule has 1 N–H and O–H groups in total. The van der Waals surface area contributed by atoms with Gasteiger partial charge in [-0.3, -0.25) is 14.2 Å². The van der Waals surface area contributed by atoms with Crippen LogP contribution in [0.5, 0.6) is 11.8 Å². The van der Waals surface area contributed by atoms with E-state index in [2.05, 4.69) is 15.3 Å². The van der Waals surface area contributed by atoms with Crippen molar-refractivity contribution in [1.29, 1.82) is 0 Å². The highest BCUT2D eigenvalue weighted by atomic mass is 35.5. The number of aromatic nitrogens is 3. The molecular weight excluding hydrogens is 597 g/mol. The molecule has 224 valence electrons. The van der Waals surface area contributed by atoms with Gasteiger partial charge in [0, 0.05) is 37.0 Å². The molecule has 4 rings (SSSR count). The molecule has 0 unspecified atom stereocenters. The quantitative estimate of drug-likeness (QED) is 0.186. The number of amides is 2. The van der Waals surface area contributed by atoms with Gasteiger partial charge in [-0.25, -0.2) is 9.78 Å². The maximum Gasteiger partial charge on any atom is 0.356 e. The second-order valence-electron chi connectivity index (χ2n) is 9.13. The first-order chi connectivity index (χ1) is 20.6. The van der Waals surface area contributed by atoms with Gasteiger partial charge in [0.15, 0.2) is 0 Å². The number of imidazole rings is 1. The number of methoxy groups -OCH3 is 1. The van der Waals surface area contributed by atoms with E-state index in [1.54, 1.807) is 49.9 Å². The fourth-order valence-electron chi connectivity index (χ4n) is 4.07. The van der Waals surface area contributed by atoms with Crippen LogP contribution in [0.4, 0.5) is 5.69 Å². The van der Waals surface area contributed by atoms with E-state index >= 15 is 0 Å². The molecule has 4 aromatic rings. The number of anilines is 1. The molecule has 0 radical (unpaired) electrons. The van der Waals surface area contributed by atoms with Crippen molar-refractivity contribution in [3.05, 3.63) is 81.6 Å². The summed E-state index contributed by atoms with van der Waals surface area (Å²) >= 11 is 13.1. The summed E-state index contributed by atoms with van der Waals surface area (Å²) in [5, 5.41) is 3.15. The zero-order valence-electron chi connectivity index (χ0n) is 23.9. The van der Waals surface area contributed by atoms with Crippen molar-refractivity contribution in [2.24, 2.45) is 7.05 Å². The molecule has 0 saturated carbocycles. The molecule has 43 heavy (non-hydrogen) atoms. The summed E-state index contributed by atoms with van der Waals surface area (Å²) in [5.41, 5.74) is 3.07. The lowest BCUT2D eigenvalue weighted by molar-refractivity contribution is -0.122. The summed E-state index contributed by atoms with van der Waals surface area (Å²) < 4.78 is 18.1. The van der Waals surface area contributed by atoms with E-state index in [-0.39, 0.29) is 30.5 Å². The zero-order chi connectivity index (χ0) is 31.1. The molecule has 13 heteroatoms. The van der Waals surface area contributed by atoms with E-state index in [9.17, 15) is 14.4 Å². The lowest BCUT2D eigenvalue weighted by Crippen LogP contribution is -2.37. The third-order valence-electron chi connectivity index (χ3n) is 6.40. The highest BCUT2D eigenvalue weighted by Crippen LogP contribution is 2.35. The standard InChI is InChI=1S/C30H29Cl2N5O6/c1-5-42-29(40)21-12-9-18(15-33-21)10-14-25(38)34-16-26(39)36(2)22-13-11-20(31)19(27(22)32)17-43-24-8-6-7-23-28(24)35-30(41-4)37(23)3/h6-15H,5,16-17H2,1-4H3,(H,34,38). The van der Waals surface area contributed by atoms with Gasteiger partial charge < -0.3 is 24.4 Å². The molecule has 0 spiro atoms. The highest BCUT2D eigenvalue weighted by molar-refractivity contribution is 6.38. The van der Waals surface area contributed by atoms with Crippen molar-refractivity contribution in [3.63, 3.8) is 0 Å². The van der Waals surface area contributed by atoms with Crippen LogP contribution in [0.15, 0.2) is 54.7 Å². The first kappa shape index (κ1) is 31.3. The lowest BCUT2D eigenvalue weighted by Gasteiger charge is -2.21. The second kappa shape index (κ2) is 14.0. The van der Waals surface area contributed by atoms with Crippen LogP contribution in [0.3, 0.4) is 0 Å². The van der Waals surface area contributed by atoms with Crippen LogP contribution in [0, 0.1) is 0 Å². The van der Waals surface area contributed by atoms with E-state index < -0.39 is 17.8 Å². The Labute approximate surface area is 258 Å². The second-order valence-corrected chi connectivity index (χ2v) is 9.92. The fourth-order valence-corrected chi connectivity index (χ4v) is 4.68. The van der Waals surface area contributed by atoms with Crippen molar-refractivity contribution in [2.45, 2.75) is 13.5 Å². The van der Waals surface area contributed by atoms with Gasteiger partial charge in [-0.2, -0.15) is 4.98 Å². The number of halogens is 2. The molecule has 2 amide bonds. The molecule has 0 atom stereocenters. The molecule has 11 nitrogen and oxygen atoms in total. The predicted molar refractivity (Wildman–Crippen MR) is 164 cm³/mol. The van der Waals surface area contributed by atoms with Crippen LogP contribution in [-0.4, -0.2) is 59.6 Å². The molecule has 0 aliphatic rings. The summed E-state index contributed by atoms with van der Waals surface area (Å²) in [4.78, 5) is 46.8. The summed E-state index contributed by atoms with van der Waals surface area (Å²) in [7, 11) is 4.92. The van der Waals surface area contributed by atoms with Gasteiger partial charge in [-0.05, 0) is 48.9 Å². The number of aryl methyl sites for hydroxylation is 1. The van der Waals surface area contributed by atoms with E-state index in [1.165, 1.54) is 29.3 Å². The number of rotatable bonds is 11. The van der Waals surface area contributed by atoms with Crippen LogP contribution in [0.2, 0.25) is 10.0 Å². The number of carbonyl (C=O) groups is 3. The lowest BCUT2D eigenvalue weighted by atomic mass is 10.2. The summed E-state index contributed by atoms with van der Waals surface area (Å²) in [6.45, 7) is 1.68. The molecular formula is C30H29Cl2N5O6. The number of nitrogens with zero attached hydrogens (tertiary/aromatic N) is 4. The van der Waals surface area contributed by atoms with Gasteiger partial charge in [-0.15, -0.1) is 0 Å². The van der Waals surface area contributed by atoms with Gasteiger partial charge in [0.1, 0.15) is 23.6 Å². The van der Waals surface area contributed by atoms with E-state index in [0.29, 0.717) is 39.1 Å². The SMILES string of the molecule is CCOC(=O)c1ccc(C=CC(=O)NCC(=O)N(C)c2ccc(Cl)c(COc3cccc4c3nc(OC)n4C)c2Cl)cn1. The molecule has 2 heterocycles. The molecule has 0 fully saturated rings. The van der Waals surface area contributed by atoms with Crippen molar-refractivity contribution < 1.29 is 28.6 Å². The molecule has 0 aliphatic carbocycles. The van der Waals surface area contributed by atoms with Gasteiger partial charge in [0.25, 0.3) is 6.01 Å². The number of ether oxygens (including phenoxy) is 3. The van der Waals surface area contributed by atoms with Gasteiger partial charge in [0.2, 0.25) is 11.8 Å². The fraction of sp³-hybridized carbons (Fsp3) is 0.233. The van der Waals surface area contributed by atoms with Crippen molar-refractivity contribution >= 4 is 63.8 Å². The Morgan fingerprint density at radius 2 is 1.91 bits per heavy atom. The molecule has 0 aliphatic heterocycles. The minimum Gasteiger partial charge on any atom is -0.486 e. The van der Waals surface area contributed by atoms with Gasteiger partial charge in [0.05, 0.1) is 36.5 Å². The van der Waals surface area contributed by atoms with Crippen LogP contribution in [0.25, 0.3) is 17.1 Å². The van der Waals surface area contributed by atoms with Crippen LogP contribution in [-0.2, 0) is 28.0 Å². The van der Waals surface area contributed by atoms with Crippen LogP contribution in [0.1, 0.15) is 28.5 Å². The van der Waals surface area contributed by atoms with E-state index in [1.807, 2.05) is 19.2 Å². The molecule has 0 saturated heterocycles. The highest BCUT2D eigenvalue weighted by Gasteiger charge is 2.20. The molecule has 2 aromatic heterocycles. The average molecular weight is 626 g/mol. The van der Waals surface area contributed by atoms with Crippen LogP contribution < -0.4 is 19.7 Å². The number of hydrogen-bond acceptors (Lipinski definition) is 8. The number of nitrogens with one attached hydrogen (secondary N) is 1. The van der Waals surface area contributed by atoms with Crippen molar-refractivity contribution in [1.82, 2.24) is 19.9 Å². The largest absolute Gasteiger partial charge is 0.486 e. The number of likely N-dealkylation sites (N-methyl/N-ethyl adjacent to an activating group) is 1. The number of esters is 1. The van der Waals surface area contributed by atoms with E-state index in [4.69, 9.17) is 37.4 Å². The summed E-state index contributed by atoms with van der Waals surface area (Å²) in [6.07, 6.45) is 4.21. The Hall–Kier alpha value is -4.61. The number of hydrogen-bond donors (Lipinski definition) is 1. The molecule has 2 aromatic carbocycles. The maximum atomic E-state index is 12.9. The maximum absolute atomic E-state index is 12.9.